The molecule has 0 bridgehead atoms. The smallest absolute Gasteiger partial charge is 0.147 e. The SMILES string of the molecule is C=CN/C(C)=C/C(F)=C(N)\C=C/C. The number of nitrogens with two attached hydrogens (primary N) is 1. The molecule has 0 saturated carbocycles. The predicted molar refractivity (Wildman–Crippen MR) is 54.2 cm³/mol. The standard InChI is InChI=1S/C10H15FN2/c1-4-6-10(12)9(11)7-8(3)13-5-2/h4-7,13H,2,12H2,1,3H3/b6-4-,8-7+,10-9-. The van der Waals surface area contributed by atoms with Crippen molar-refractivity contribution in [3.05, 3.63) is 48.2 Å². The van der Waals surface area contributed by atoms with E-state index < -0.39 is 5.83 Å². The van der Waals surface area contributed by atoms with Gasteiger partial charge in [-0.1, -0.05) is 12.7 Å². The molecular weight excluding hydrogens is 167 g/mol. The summed E-state index contributed by atoms with van der Waals surface area (Å²) in [4.78, 5) is 0. The molecule has 72 valence electrons. The molecule has 2 nitrogen and oxygen atoms in total. The Morgan fingerprint density at radius 2 is 2.15 bits per heavy atom. The molecule has 0 fully saturated rings. The predicted octanol–water partition coefficient (Wildman–Crippen LogP) is 2.34. The van der Waals surface area contributed by atoms with Crippen LogP contribution >= 0.6 is 0 Å². The van der Waals surface area contributed by atoms with Crippen LogP contribution in [0.15, 0.2) is 48.2 Å². The topological polar surface area (TPSA) is 38.0 Å². The fourth-order valence-electron chi connectivity index (χ4n) is 0.735. The second-order valence-corrected chi connectivity index (χ2v) is 2.48. The van der Waals surface area contributed by atoms with Crippen LogP contribution in [0.1, 0.15) is 13.8 Å². The highest BCUT2D eigenvalue weighted by molar-refractivity contribution is 5.27. The van der Waals surface area contributed by atoms with E-state index in [1.165, 1.54) is 18.4 Å². The largest absolute Gasteiger partial charge is 0.396 e. The first-order valence-electron chi connectivity index (χ1n) is 3.95. The van der Waals surface area contributed by atoms with Crippen molar-refractivity contribution in [3.63, 3.8) is 0 Å². The molecule has 0 spiro atoms. The third-order valence-electron chi connectivity index (χ3n) is 1.29. The van der Waals surface area contributed by atoms with Gasteiger partial charge >= 0.3 is 0 Å². The van der Waals surface area contributed by atoms with E-state index in [4.69, 9.17) is 5.73 Å². The van der Waals surface area contributed by atoms with Gasteiger partial charge in [-0.3, -0.25) is 0 Å². The summed E-state index contributed by atoms with van der Waals surface area (Å²) in [5.41, 5.74) is 6.16. The molecule has 0 rings (SSSR count). The number of hydrogen-bond donors (Lipinski definition) is 2. The van der Waals surface area contributed by atoms with E-state index in [0.717, 1.165) is 0 Å². The fourth-order valence-corrected chi connectivity index (χ4v) is 0.735. The van der Waals surface area contributed by atoms with Crippen LogP contribution in [-0.2, 0) is 0 Å². The van der Waals surface area contributed by atoms with Crippen LogP contribution in [0.4, 0.5) is 4.39 Å². The van der Waals surface area contributed by atoms with Crippen molar-refractivity contribution < 1.29 is 4.39 Å². The van der Waals surface area contributed by atoms with Gasteiger partial charge in [-0.25, -0.2) is 4.39 Å². The molecule has 0 atom stereocenters. The Labute approximate surface area is 78.3 Å². The van der Waals surface area contributed by atoms with Gasteiger partial charge in [0.1, 0.15) is 5.83 Å². The van der Waals surface area contributed by atoms with Crippen LogP contribution in [0.2, 0.25) is 0 Å². The highest BCUT2D eigenvalue weighted by Crippen LogP contribution is 2.06. The lowest BCUT2D eigenvalue weighted by molar-refractivity contribution is 0.653. The van der Waals surface area contributed by atoms with E-state index in [9.17, 15) is 4.39 Å². The van der Waals surface area contributed by atoms with E-state index in [0.29, 0.717) is 5.70 Å². The van der Waals surface area contributed by atoms with Crippen molar-refractivity contribution in [2.24, 2.45) is 5.73 Å². The highest BCUT2D eigenvalue weighted by Gasteiger charge is 1.95. The van der Waals surface area contributed by atoms with Gasteiger partial charge in [0.2, 0.25) is 0 Å². The van der Waals surface area contributed by atoms with E-state index in [-0.39, 0.29) is 5.70 Å². The summed E-state index contributed by atoms with van der Waals surface area (Å²) in [5, 5.41) is 2.74. The molecule has 3 heteroatoms. The number of allylic oxidation sites excluding steroid dienone is 5. The number of rotatable bonds is 4. The highest BCUT2D eigenvalue weighted by atomic mass is 19.1. The molecule has 0 heterocycles. The molecule has 0 aliphatic heterocycles. The molecular formula is C10H15FN2. The first-order valence-corrected chi connectivity index (χ1v) is 3.95. The fraction of sp³-hybridized carbons (Fsp3) is 0.200. The summed E-state index contributed by atoms with van der Waals surface area (Å²) >= 11 is 0. The Hall–Kier alpha value is -1.51. The Kier molecular flexibility index (Phi) is 5.35. The Morgan fingerprint density at radius 3 is 2.62 bits per heavy atom. The molecule has 0 aromatic rings. The zero-order valence-corrected chi connectivity index (χ0v) is 7.97. The van der Waals surface area contributed by atoms with Crippen LogP contribution in [0.25, 0.3) is 0 Å². The lowest BCUT2D eigenvalue weighted by Crippen LogP contribution is -2.01. The van der Waals surface area contributed by atoms with E-state index in [1.807, 2.05) is 0 Å². The molecule has 0 radical (unpaired) electrons. The van der Waals surface area contributed by atoms with Crippen LogP contribution in [-0.4, -0.2) is 0 Å². The second kappa shape index (κ2) is 6.06. The van der Waals surface area contributed by atoms with Crippen LogP contribution in [0.3, 0.4) is 0 Å². The molecule has 0 aromatic carbocycles. The molecule has 0 unspecified atom stereocenters. The number of hydrogen-bond acceptors (Lipinski definition) is 2. The summed E-state index contributed by atoms with van der Waals surface area (Å²) in [5.74, 6) is -0.454. The van der Waals surface area contributed by atoms with Gasteiger partial charge in [0.15, 0.2) is 0 Å². The molecule has 13 heavy (non-hydrogen) atoms. The average Bonchev–Trinajstić information content (AvgIpc) is 2.05. The van der Waals surface area contributed by atoms with Crippen molar-refractivity contribution in [1.82, 2.24) is 5.32 Å². The third-order valence-corrected chi connectivity index (χ3v) is 1.29. The molecule has 0 aromatic heterocycles. The first kappa shape index (κ1) is 11.5. The minimum Gasteiger partial charge on any atom is -0.396 e. The molecule has 0 aliphatic carbocycles. The average molecular weight is 182 g/mol. The quantitative estimate of drug-likeness (QED) is 0.655. The van der Waals surface area contributed by atoms with Crippen LogP contribution in [0, 0.1) is 0 Å². The second-order valence-electron chi connectivity index (χ2n) is 2.48. The minimum absolute atomic E-state index is 0.118. The normalized spacial score (nSPS) is 14.2. The van der Waals surface area contributed by atoms with Crippen LogP contribution < -0.4 is 11.1 Å². The van der Waals surface area contributed by atoms with Gasteiger partial charge in [0.05, 0.1) is 5.70 Å². The summed E-state index contributed by atoms with van der Waals surface area (Å²) in [6.45, 7) is 6.96. The summed E-state index contributed by atoms with van der Waals surface area (Å²) in [6, 6.07) is 0. The maximum atomic E-state index is 13.1. The molecule has 0 amide bonds. The van der Waals surface area contributed by atoms with E-state index in [1.54, 1.807) is 19.9 Å². The van der Waals surface area contributed by atoms with Crippen molar-refractivity contribution in [1.29, 1.82) is 0 Å². The van der Waals surface area contributed by atoms with Crippen molar-refractivity contribution >= 4 is 0 Å². The Bertz CT molecular complexity index is 262. The monoisotopic (exact) mass is 182 g/mol. The van der Waals surface area contributed by atoms with Crippen molar-refractivity contribution in [2.75, 3.05) is 0 Å². The van der Waals surface area contributed by atoms with E-state index in [2.05, 4.69) is 11.9 Å². The number of halogens is 1. The maximum absolute atomic E-state index is 13.1. The lowest BCUT2D eigenvalue weighted by Gasteiger charge is -1.99. The molecule has 3 N–H and O–H groups in total. The summed E-state index contributed by atoms with van der Waals surface area (Å²) < 4.78 is 13.1. The van der Waals surface area contributed by atoms with Gasteiger partial charge in [0, 0.05) is 5.70 Å². The van der Waals surface area contributed by atoms with Crippen molar-refractivity contribution in [3.8, 4) is 0 Å². The van der Waals surface area contributed by atoms with Gasteiger partial charge in [-0.15, -0.1) is 0 Å². The van der Waals surface area contributed by atoms with E-state index >= 15 is 0 Å². The zero-order valence-electron chi connectivity index (χ0n) is 7.97. The van der Waals surface area contributed by atoms with Crippen molar-refractivity contribution in [2.45, 2.75) is 13.8 Å². The maximum Gasteiger partial charge on any atom is 0.147 e. The Balaban J connectivity index is 4.59. The molecule has 0 aliphatic rings. The minimum atomic E-state index is -0.454. The van der Waals surface area contributed by atoms with Gasteiger partial charge in [-0.2, -0.15) is 0 Å². The van der Waals surface area contributed by atoms with Gasteiger partial charge < -0.3 is 11.1 Å². The zero-order chi connectivity index (χ0) is 10.3. The third kappa shape index (κ3) is 4.85. The molecule has 0 saturated heterocycles. The number of nitrogens with one attached hydrogen (secondary N) is 1. The van der Waals surface area contributed by atoms with Crippen LogP contribution in [0.5, 0.6) is 0 Å². The first-order chi connectivity index (χ1) is 6.11. The Morgan fingerprint density at radius 1 is 1.54 bits per heavy atom. The summed E-state index contributed by atoms with van der Waals surface area (Å²) in [6.07, 6.45) is 5.98. The summed E-state index contributed by atoms with van der Waals surface area (Å²) in [7, 11) is 0. The van der Waals surface area contributed by atoms with Gasteiger partial charge in [0.25, 0.3) is 0 Å². The van der Waals surface area contributed by atoms with Gasteiger partial charge in [-0.05, 0) is 32.2 Å². The lowest BCUT2D eigenvalue weighted by atomic mass is 10.3.